The van der Waals surface area contributed by atoms with Crippen LogP contribution in [0.4, 0.5) is 0 Å². The number of aliphatic hydroxyl groups is 2. The van der Waals surface area contributed by atoms with Crippen molar-refractivity contribution in [2.24, 2.45) is 0 Å². The van der Waals surface area contributed by atoms with Crippen LogP contribution in [-0.4, -0.2) is 75.3 Å². The number of carboxylic acid groups (broad SMARTS) is 1. The first kappa shape index (κ1) is 36.2. The number of aliphatic carboxylic acids is 1. The molecule has 0 amide bonds. The molecule has 0 radical (unpaired) electrons. The van der Waals surface area contributed by atoms with Gasteiger partial charge < -0.3 is 15.3 Å². The first-order valence-corrected chi connectivity index (χ1v) is 18.0. The Hall–Kier alpha value is -3.56. The van der Waals surface area contributed by atoms with Crippen LogP contribution in [0.2, 0.25) is 10.0 Å². The Balaban J connectivity index is 1.30. The second-order valence-electron chi connectivity index (χ2n) is 13.9. The smallest absolute Gasteiger partial charge is 0.306 e. The number of β-amino-alcohol motifs (C(OH)–C–C–N with tert-alkyl or cyclic N) is 2. The zero-order valence-corrected chi connectivity index (χ0v) is 30.3. The SMILES string of the molecule is CC(=O)CC(O)CN1CCc2ccc(-c3cccc(-c4cccc(-c5ccc6c(c5C)CN(CC(O)CC(=O)O)CC6)c4Cl)c3Cl)c(C)c2C1. The molecule has 3 N–H and O–H groups in total. The first-order valence-electron chi connectivity index (χ1n) is 17.2. The molecule has 0 saturated carbocycles. The highest BCUT2D eigenvalue weighted by molar-refractivity contribution is 6.39. The number of Topliss-reactive ketones (excluding diaryl/α,β-unsaturated/α-hetero) is 1. The fourth-order valence-electron chi connectivity index (χ4n) is 7.75. The van der Waals surface area contributed by atoms with E-state index in [-0.39, 0.29) is 18.6 Å². The maximum Gasteiger partial charge on any atom is 0.306 e. The number of hydrogen-bond donors (Lipinski definition) is 3. The Bertz CT molecular complexity index is 1800. The van der Waals surface area contributed by atoms with Crippen LogP contribution >= 0.6 is 23.2 Å². The highest BCUT2D eigenvalue weighted by atomic mass is 35.5. The van der Waals surface area contributed by atoms with Crippen LogP contribution in [0.25, 0.3) is 33.4 Å². The van der Waals surface area contributed by atoms with Gasteiger partial charge in [0.15, 0.2) is 0 Å². The van der Waals surface area contributed by atoms with Gasteiger partial charge in [-0.3, -0.25) is 19.4 Å². The lowest BCUT2D eigenvalue weighted by Crippen LogP contribution is -2.37. The van der Waals surface area contributed by atoms with Crippen LogP contribution < -0.4 is 0 Å². The van der Waals surface area contributed by atoms with Gasteiger partial charge in [0.25, 0.3) is 0 Å². The lowest BCUT2D eigenvalue weighted by Gasteiger charge is -2.32. The summed E-state index contributed by atoms with van der Waals surface area (Å²) < 4.78 is 0. The summed E-state index contributed by atoms with van der Waals surface area (Å²) in [6.07, 6.45) is 0.0176. The van der Waals surface area contributed by atoms with Gasteiger partial charge in [-0.05, 0) is 78.1 Å². The van der Waals surface area contributed by atoms with E-state index >= 15 is 0 Å². The monoisotopic (exact) mass is 714 g/mol. The first-order chi connectivity index (χ1) is 23.9. The maximum absolute atomic E-state index is 11.5. The third-order valence-corrected chi connectivity index (χ3v) is 11.1. The van der Waals surface area contributed by atoms with Gasteiger partial charge in [0.2, 0.25) is 0 Å². The Morgan fingerprint density at radius 2 is 1.06 bits per heavy atom. The number of carbonyl (C=O) groups excluding carboxylic acids is 1. The van der Waals surface area contributed by atoms with Crippen molar-refractivity contribution in [2.45, 2.75) is 71.8 Å². The molecule has 4 aromatic carbocycles. The maximum atomic E-state index is 11.5. The molecule has 0 aromatic heterocycles. The van der Waals surface area contributed by atoms with Crippen molar-refractivity contribution in [3.05, 3.63) is 104 Å². The molecule has 0 saturated heterocycles. The van der Waals surface area contributed by atoms with Crippen LogP contribution in [0.15, 0.2) is 60.7 Å². The summed E-state index contributed by atoms with van der Waals surface area (Å²) in [6.45, 7) is 9.46. The summed E-state index contributed by atoms with van der Waals surface area (Å²) in [5.74, 6) is -1.01. The third kappa shape index (κ3) is 7.69. The van der Waals surface area contributed by atoms with Gasteiger partial charge >= 0.3 is 5.97 Å². The standard InChI is InChI=1S/C41H44Cl2N2O5/c1-24(46)18-29(47)20-44-16-14-27-10-12-31(25(2)37(27)22-44)33-6-4-8-35(40(33)42)36-9-5-7-34(41(36)43)32-13-11-28-15-17-45(23-38(28)26(32)3)21-30(48)19-39(49)50/h4-13,29-30,47-48H,14-23H2,1-3H3,(H,49,50). The van der Waals surface area contributed by atoms with E-state index in [2.05, 4.69) is 47.9 Å². The zero-order valence-electron chi connectivity index (χ0n) is 28.8. The molecule has 0 bridgehead atoms. The minimum atomic E-state index is -1.00. The lowest BCUT2D eigenvalue weighted by atomic mass is 9.87. The van der Waals surface area contributed by atoms with E-state index in [9.17, 15) is 19.8 Å². The van der Waals surface area contributed by atoms with Crippen molar-refractivity contribution in [3.8, 4) is 33.4 Å². The van der Waals surface area contributed by atoms with E-state index < -0.39 is 18.2 Å². The molecule has 0 aliphatic carbocycles. The number of benzene rings is 4. The molecule has 2 heterocycles. The second-order valence-corrected chi connectivity index (χ2v) is 14.6. The molecule has 0 spiro atoms. The minimum absolute atomic E-state index is 0.00838. The van der Waals surface area contributed by atoms with E-state index in [1.807, 2.05) is 36.4 Å². The van der Waals surface area contributed by atoms with Gasteiger partial charge in [-0.1, -0.05) is 83.9 Å². The summed E-state index contributed by atoms with van der Waals surface area (Å²) >= 11 is 14.5. The van der Waals surface area contributed by atoms with Crippen LogP contribution in [0.1, 0.15) is 53.1 Å². The third-order valence-electron chi connectivity index (χ3n) is 10.3. The van der Waals surface area contributed by atoms with Crippen molar-refractivity contribution in [3.63, 3.8) is 0 Å². The summed E-state index contributed by atoms with van der Waals surface area (Å²) in [5.41, 5.74) is 12.9. The molecule has 6 rings (SSSR count). The molecule has 262 valence electrons. The Morgan fingerprint density at radius 1 is 0.660 bits per heavy atom. The normalized spacial score (nSPS) is 16.1. The molecule has 2 atom stereocenters. The fraction of sp³-hybridized carbons (Fsp3) is 0.366. The predicted octanol–water partition coefficient (Wildman–Crippen LogP) is 7.50. The number of ketones is 1. The summed E-state index contributed by atoms with van der Waals surface area (Å²) in [5, 5.41) is 31.0. The van der Waals surface area contributed by atoms with Crippen molar-refractivity contribution in [2.75, 3.05) is 26.2 Å². The van der Waals surface area contributed by atoms with E-state index in [0.717, 1.165) is 70.4 Å². The largest absolute Gasteiger partial charge is 0.481 e. The van der Waals surface area contributed by atoms with E-state index in [1.165, 1.54) is 29.2 Å². The number of carbonyl (C=O) groups is 2. The van der Waals surface area contributed by atoms with Crippen LogP contribution in [0.3, 0.4) is 0 Å². The minimum Gasteiger partial charge on any atom is -0.481 e. The fourth-order valence-corrected chi connectivity index (χ4v) is 8.41. The average molecular weight is 716 g/mol. The van der Waals surface area contributed by atoms with Gasteiger partial charge in [0, 0.05) is 67.9 Å². The topological polar surface area (TPSA) is 101 Å². The quantitative estimate of drug-likeness (QED) is 0.148. The summed E-state index contributed by atoms with van der Waals surface area (Å²) in [6, 6.07) is 20.7. The van der Waals surface area contributed by atoms with Gasteiger partial charge in [-0.2, -0.15) is 0 Å². The average Bonchev–Trinajstić information content (AvgIpc) is 3.06. The molecule has 4 aromatic rings. The highest BCUT2D eigenvalue weighted by Gasteiger charge is 2.26. The van der Waals surface area contributed by atoms with Crippen molar-refractivity contribution in [1.82, 2.24) is 9.80 Å². The van der Waals surface area contributed by atoms with E-state index in [1.54, 1.807) is 0 Å². The highest BCUT2D eigenvalue weighted by Crippen LogP contribution is 2.44. The Kier molecular flexibility index (Phi) is 11.1. The lowest BCUT2D eigenvalue weighted by molar-refractivity contribution is -0.139. The van der Waals surface area contributed by atoms with E-state index in [4.69, 9.17) is 28.3 Å². The van der Waals surface area contributed by atoms with E-state index in [0.29, 0.717) is 36.2 Å². The van der Waals surface area contributed by atoms with Gasteiger partial charge in [0.05, 0.1) is 28.7 Å². The number of fused-ring (bicyclic) bond motifs is 2. The van der Waals surface area contributed by atoms with Crippen molar-refractivity contribution < 1.29 is 24.9 Å². The molecule has 2 unspecified atom stereocenters. The predicted molar refractivity (Wildman–Crippen MR) is 200 cm³/mol. The molecule has 9 heteroatoms. The zero-order chi connectivity index (χ0) is 35.7. The molecule has 2 aliphatic rings. The number of halogens is 2. The van der Waals surface area contributed by atoms with Crippen molar-refractivity contribution >= 4 is 35.0 Å². The van der Waals surface area contributed by atoms with Gasteiger partial charge in [0.1, 0.15) is 5.78 Å². The molecule has 7 nitrogen and oxygen atoms in total. The van der Waals surface area contributed by atoms with Crippen molar-refractivity contribution in [1.29, 1.82) is 0 Å². The number of aliphatic hydroxyl groups excluding tert-OH is 2. The number of rotatable bonds is 11. The molecular weight excluding hydrogens is 671 g/mol. The Labute approximate surface area is 304 Å². The van der Waals surface area contributed by atoms with Gasteiger partial charge in [-0.15, -0.1) is 0 Å². The number of carboxylic acids is 1. The van der Waals surface area contributed by atoms with Gasteiger partial charge in [-0.25, -0.2) is 0 Å². The van der Waals surface area contributed by atoms with Crippen LogP contribution in [0, 0.1) is 13.8 Å². The number of hydrogen-bond acceptors (Lipinski definition) is 6. The Morgan fingerprint density at radius 3 is 1.46 bits per heavy atom. The molecular formula is C41H44Cl2N2O5. The molecule has 2 aliphatic heterocycles. The second kappa shape index (κ2) is 15.4. The molecule has 0 fully saturated rings. The summed E-state index contributed by atoms with van der Waals surface area (Å²) in [7, 11) is 0. The summed E-state index contributed by atoms with van der Waals surface area (Å²) in [4.78, 5) is 27.0. The van der Waals surface area contributed by atoms with Crippen LogP contribution in [0.5, 0.6) is 0 Å². The number of nitrogens with zero attached hydrogens (tertiary/aromatic N) is 2. The van der Waals surface area contributed by atoms with Crippen LogP contribution in [-0.2, 0) is 35.5 Å². The molecule has 50 heavy (non-hydrogen) atoms.